The second-order valence-electron chi connectivity index (χ2n) is 2.22. The lowest BCUT2D eigenvalue weighted by Gasteiger charge is -2.19. The monoisotopic (exact) mass is 148 g/mol. The van der Waals surface area contributed by atoms with Crippen molar-refractivity contribution in [2.45, 2.75) is 38.8 Å². The molecule has 0 aromatic heterocycles. The Balaban J connectivity index is 3.50. The molecule has 0 bridgehead atoms. The molecule has 1 unspecified atom stereocenters. The first-order chi connectivity index (χ1) is 4.26. The molecular formula is C6H16N2S. The summed E-state index contributed by atoms with van der Waals surface area (Å²) in [6.07, 6.45) is 2.05. The maximum Gasteiger partial charge on any atom is 0.0318 e. The summed E-state index contributed by atoms with van der Waals surface area (Å²) in [5.41, 5.74) is 5.73. The summed E-state index contributed by atoms with van der Waals surface area (Å²) >= 11 is 3.96. The van der Waals surface area contributed by atoms with Crippen LogP contribution in [0.25, 0.3) is 0 Å². The van der Waals surface area contributed by atoms with Gasteiger partial charge >= 0.3 is 0 Å². The topological polar surface area (TPSA) is 38.0 Å². The molecule has 0 aliphatic rings. The van der Waals surface area contributed by atoms with Gasteiger partial charge in [-0.15, -0.1) is 0 Å². The van der Waals surface area contributed by atoms with Crippen molar-refractivity contribution in [2.75, 3.05) is 0 Å². The summed E-state index contributed by atoms with van der Waals surface area (Å²) < 4.78 is 2.87. The lowest BCUT2D eigenvalue weighted by molar-refractivity contribution is 0.478. The second kappa shape index (κ2) is 5.09. The highest BCUT2D eigenvalue weighted by atomic mass is 32.1. The molecule has 0 aromatic carbocycles. The van der Waals surface area contributed by atoms with E-state index < -0.39 is 0 Å². The molecule has 2 nitrogen and oxygen atoms in total. The molecule has 0 aromatic rings. The van der Waals surface area contributed by atoms with Gasteiger partial charge in [0.05, 0.1) is 0 Å². The van der Waals surface area contributed by atoms with E-state index in [0.29, 0.717) is 6.04 Å². The highest BCUT2D eigenvalue weighted by Crippen LogP contribution is 1.99. The van der Waals surface area contributed by atoms with Crippen LogP contribution >= 0.6 is 12.8 Å². The Morgan fingerprint density at radius 1 is 1.44 bits per heavy atom. The first kappa shape index (κ1) is 9.27. The normalized spacial score (nSPS) is 17.3. The van der Waals surface area contributed by atoms with Gasteiger partial charge < -0.3 is 5.73 Å². The molecule has 0 amide bonds. The molecule has 3 heteroatoms. The molecule has 0 radical (unpaired) electrons. The van der Waals surface area contributed by atoms with Crippen LogP contribution in [0.15, 0.2) is 0 Å². The summed E-state index contributed by atoms with van der Waals surface area (Å²) in [5, 5.41) is 0. The minimum Gasteiger partial charge on any atom is -0.326 e. The van der Waals surface area contributed by atoms with Crippen LogP contribution in [-0.2, 0) is 0 Å². The van der Waals surface area contributed by atoms with Crippen LogP contribution < -0.4 is 10.5 Å². The van der Waals surface area contributed by atoms with Gasteiger partial charge in [0.1, 0.15) is 0 Å². The van der Waals surface area contributed by atoms with Crippen molar-refractivity contribution in [3.05, 3.63) is 0 Å². The van der Waals surface area contributed by atoms with Crippen LogP contribution in [0, 0.1) is 0 Å². The Hall–Kier alpha value is 0.270. The first-order valence-electron chi connectivity index (χ1n) is 3.41. The van der Waals surface area contributed by atoms with Crippen LogP contribution in [0.3, 0.4) is 0 Å². The van der Waals surface area contributed by atoms with Gasteiger partial charge in [-0.1, -0.05) is 26.7 Å². The Morgan fingerprint density at radius 2 is 2.00 bits per heavy atom. The molecule has 56 valence electrons. The Labute approximate surface area is 62.7 Å². The summed E-state index contributed by atoms with van der Waals surface area (Å²) in [5.74, 6) is 0. The zero-order chi connectivity index (χ0) is 7.28. The fourth-order valence-corrected chi connectivity index (χ4v) is 1.15. The van der Waals surface area contributed by atoms with E-state index in [-0.39, 0.29) is 6.04 Å². The van der Waals surface area contributed by atoms with Crippen molar-refractivity contribution in [2.24, 2.45) is 5.73 Å². The molecule has 0 fully saturated rings. The van der Waals surface area contributed by atoms with Crippen molar-refractivity contribution in [3.63, 3.8) is 0 Å². The number of nitrogens with two attached hydrogens (primary N) is 1. The maximum atomic E-state index is 5.73. The molecule has 0 spiro atoms. The Morgan fingerprint density at radius 3 is 2.11 bits per heavy atom. The molecule has 0 saturated heterocycles. The minimum absolute atomic E-state index is 0.243. The Bertz CT molecular complexity index is 64.1. The van der Waals surface area contributed by atoms with E-state index in [1.807, 2.05) is 0 Å². The number of nitrogens with one attached hydrogen (secondary N) is 1. The lowest BCUT2D eigenvalue weighted by atomic mass is 10.1. The number of hydrogen-bond donors (Lipinski definition) is 3. The highest BCUT2D eigenvalue weighted by molar-refractivity contribution is 7.78. The predicted molar refractivity (Wildman–Crippen MR) is 44.5 cm³/mol. The van der Waals surface area contributed by atoms with Gasteiger partial charge in [-0.25, -0.2) is 0 Å². The van der Waals surface area contributed by atoms with Crippen molar-refractivity contribution >= 4 is 12.8 Å². The number of thiol groups is 1. The van der Waals surface area contributed by atoms with E-state index >= 15 is 0 Å². The molecule has 0 heterocycles. The van der Waals surface area contributed by atoms with Gasteiger partial charge in [0.25, 0.3) is 0 Å². The SMILES string of the molecule is CCC(N)[C@@H](CC)NS. The van der Waals surface area contributed by atoms with E-state index in [1.165, 1.54) is 0 Å². The Kier molecular flexibility index (Phi) is 5.24. The van der Waals surface area contributed by atoms with Crippen LogP contribution in [0.2, 0.25) is 0 Å². The van der Waals surface area contributed by atoms with Gasteiger partial charge in [0, 0.05) is 12.1 Å². The van der Waals surface area contributed by atoms with Gasteiger partial charge in [0.15, 0.2) is 0 Å². The predicted octanol–water partition coefficient (Wildman–Crippen LogP) is 0.937. The third-order valence-electron chi connectivity index (χ3n) is 1.59. The molecule has 3 N–H and O–H groups in total. The first-order valence-corrected chi connectivity index (χ1v) is 3.86. The smallest absolute Gasteiger partial charge is 0.0318 e. The van der Waals surface area contributed by atoms with Crippen molar-refractivity contribution in [1.82, 2.24) is 4.72 Å². The number of hydrogen-bond acceptors (Lipinski definition) is 3. The molecule has 0 aliphatic carbocycles. The lowest BCUT2D eigenvalue weighted by Crippen LogP contribution is -2.40. The summed E-state index contributed by atoms with van der Waals surface area (Å²) in [7, 11) is 0. The van der Waals surface area contributed by atoms with E-state index in [1.54, 1.807) is 0 Å². The summed E-state index contributed by atoms with van der Waals surface area (Å²) in [6.45, 7) is 4.18. The highest BCUT2D eigenvalue weighted by Gasteiger charge is 2.10. The fourth-order valence-electron chi connectivity index (χ4n) is 0.774. The maximum absolute atomic E-state index is 5.73. The number of rotatable bonds is 4. The zero-order valence-corrected chi connectivity index (χ0v) is 6.99. The molecule has 0 rings (SSSR count). The molecular weight excluding hydrogens is 132 g/mol. The molecule has 9 heavy (non-hydrogen) atoms. The second-order valence-corrected chi connectivity index (χ2v) is 2.47. The van der Waals surface area contributed by atoms with Gasteiger partial charge in [-0.05, 0) is 12.8 Å². The molecule has 2 atom stereocenters. The average Bonchev–Trinajstić information content (AvgIpc) is 1.90. The average molecular weight is 148 g/mol. The van der Waals surface area contributed by atoms with E-state index in [9.17, 15) is 0 Å². The van der Waals surface area contributed by atoms with E-state index in [4.69, 9.17) is 5.73 Å². The van der Waals surface area contributed by atoms with Crippen LogP contribution in [0.5, 0.6) is 0 Å². The summed E-state index contributed by atoms with van der Waals surface area (Å²) in [6, 6.07) is 0.603. The van der Waals surface area contributed by atoms with Crippen molar-refractivity contribution in [1.29, 1.82) is 0 Å². The van der Waals surface area contributed by atoms with Crippen LogP contribution in [-0.4, -0.2) is 12.1 Å². The van der Waals surface area contributed by atoms with E-state index in [2.05, 4.69) is 31.4 Å². The quantitative estimate of drug-likeness (QED) is 0.519. The third-order valence-corrected chi connectivity index (χ3v) is 1.93. The molecule has 0 saturated carbocycles. The third kappa shape index (κ3) is 3.08. The molecule has 0 aliphatic heterocycles. The van der Waals surface area contributed by atoms with Crippen LogP contribution in [0.4, 0.5) is 0 Å². The van der Waals surface area contributed by atoms with Gasteiger partial charge in [-0.2, -0.15) is 0 Å². The largest absolute Gasteiger partial charge is 0.326 e. The standard InChI is InChI=1S/C6H16N2S/c1-3-5(7)6(4-2)8-9/h5-6,8-9H,3-4,7H2,1-2H3/t5?,6-/m1/s1. The van der Waals surface area contributed by atoms with Crippen molar-refractivity contribution in [3.8, 4) is 0 Å². The fraction of sp³-hybridized carbons (Fsp3) is 1.00. The van der Waals surface area contributed by atoms with E-state index in [0.717, 1.165) is 12.8 Å². The van der Waals surface area contributed by atoms with Crippen LogP contribution in [0.1, 0.15) is 26.7 Å². The van der Waals surface area contributed by atoms with Gasteiger partial charge in [0.2, 0.25) is 0 Å². The van der Waals surface area contributed by atoms with Gasteiger partial charge in [-0.3, -0.25) is 4.72 Å². The minimum atomic E-state index is 0.243. The summed E-state index contributed by atoms with van der Waals surface area (Å²) in [4.78, 5) is 0. The zero-order valence-electron chi connectivity index (χ0n) is 6.09. The van der Waals surface area contributed by atoms with Crippen molar-refractivity contribution < 1.29 is 0 Å².